The van der Waals surface area contributed by atoms with Gasteiger partial charge >= 0.3 is 0 Å². The van der Waals surface area contributed by atoms with E-state index in [0.29, 0.717) is 6.61 Å². The molecule has 25 heavy (non-hydrogen) atoms. The van der Waals surface area contributed by atoms with Gasteiger partial charge in [-0.3, -0.25) is 4.68 Å². The zero-order chi connectivity index (χ0) is 17.5. The number of benzene rings is 1. The Labute approximate surface area is 150 Å². The van der Waals surface area contributed by atoms with Crippen molar-refractivity contribution in [2.75, 3.05) is 14.2 Å². The average molecular weight is 343 g/mol. The Hall–Kier alpha value is -2.01. The van der Waals surface area contributed by atoms with Gasteiger partial charge in [0.2, 0.25) is 0 Å². The largest absolute Gasteiger partial charge is 0.493 e. The van der Waals surface area contributed by atoms with E-state index >= 15 is 0 Å². The van der Waals surface area contributed by atoms with Gasteiger partial charge in [0, 0.05) is 13.1 Å². The topological polar surface area (TPSA) is 48.3 Å². The number of aryl methyl sites for hydroxylation is 1. The molecule has 1 saturated carbocycles. The summed E-state index contributed by atoms with van der Waals surface area (Å²) in [5.74, 6) is 2.39. The molecule has 0 atom stereocenters. The van der Waals surface area contributed by atoms with Crippen molar-refractivity contribution in [1.82, 2.24) is 15.1 Å². The molecule has 1 aliphatic carbocycles. The van der Waals surface area contributed by atoms with Crippen molar-refractivity contribution in [2.24, 2.45) is 5.92 Å². The molecule has 1 heterocycles. The summed E-state index contributed by atoms with van der Waals surface area (Å²) < 4.78 is 13.5. The van der Waals surface area contributed by atoms with Crippen LogP contribution in [0.4, 0.5) is 0 Å². The normalized spacial score (nSPS) is 14.8. The van der Waals surface area contributed by atoms with Gasteiger partial charge in [-0.15, -0.1) is 0 Å². The highest BCUT2D eigenvalue weighted by molar-refractivity contribution is 5.39. The fourth-order valence-corrected chi connectivity index (χ4v) is 3.59. The van der Waals surface area contributed by atoms with Gasteiger partial charge in [0.05, 0.1) is 18.5 Å². The quantitative estimate of drug-likeness (QED) is 0.753. The first-order valence-electron chi connectivity index (χ1n) is 9.26. The Kier molecular flexibility index (Phi) is 6.34. The van der Waals surface area contributed by atoms with Gasteiger partial charge in [0.15, 0.2) is 11.5 Å². The third kappa shape index (κ3) is 4.75. The van der Waals surface area contributed by atoms with Crippen molar-refractivity contribution in [3.63, 3.8) is 0 Å². The van der Waals surface area contributed by atoms with Gasteiger partial charge < -0.3 is 14.8 Å². The Morgan fingerprint density at radius 1 is 1.20 bits per heavy atom. The summed E-state index contributed by atoms with van der Waals surface area (Å²) in [6, 6.07) is 9.90. The fraction of sp³-hybridized carbons (Fsp3) is 0.550. The van der Waals surface area contributed by atoms with Gasteiger partial charge in [-0.2, -0.15) is 5.10 Å². The van der Waals surface area contributed by atoms with Crippen LogP contribution in [0.5, 0.6) is 11.5 Å². The fourth-order valence-electron chi connectivity index (χ4n) is 3.59. The summed E-state index contributed by atoms with van der Waals surface area (Å²) in [4.78, 5) is 0. The van der Waals surface area contributed by atoms with Crippen LogP contribution in [0.15, 0.2) is 30.3 Å². The van der Waals surface area contributed by atoms with E-state index in [-0.39, 0.29) is 0 Å². The maximum absolute atomic E-state index is 6.01. The second-order valence-electron chi connectivity index (χ2n) is 6.76. The molecule has 5 heteroatoms. The van der Waals surface area contributed by atoms with Crippen molar-refractivity contribution >= 4 is 0 Å². The second-order valence-corrected chi connectivity index (χ2v) is 6.76. The van der Waals surface area contributed by atoms with E-state index in [1.54, 1.807) is 7.11 Å². The predicted molar refractivity (Wildman–Crippen MR) is 98.9 cm³/mol. The van der Waals surface area contributed by atoms with Crippen molar-refractivity contribution < 1.29 is 9.47 Å². The van der Waals surface area contributed by atoms with Crippen molar-refractivity contribution in [3.8, 4) is 11.5 Å². The van der Waals surface area contributed by atoms with E-state index in [4.69, 9.17) is 14.6 Å². The molecule has 0 aliphatic heterocycles. The number of hydrogen-bond acceptors (Lipinski definition) is 4. The lowest BCUT2D eigenvalue weighted by molar-refractivity contribution is 0.271. The molecule has 1 aromatic heterocycles. The van der Waals surface area contributed by atoms with Gasteiger partial charge in [-0.05, 0) is 37.6 Å². The van der Waals surface area contributed by atoms with E-state index < -0.39 is 0 Å². The average Bonchev–Trinajstić information content (AvgIpc) is 3.28. The van der Waals surface area contributed by atoms with Crippen LogP contribution in [0.1, 0.15) is 43.5 Å². The summed E-state index contributed by atoms with van der Waals surface area (Å²) >= 11 is 0. The number of aromatic nitrogens is 2. The highest BCUT2D eigenvalue weighted by Crippen LogP contribution is 2.29. The minimum atomic E-state index is 0.502. The molecule has 0 amide bonds. The molecular weight excluding hydrogens is 314 g/mol. The zero-order valence-corrected chi connectivity index (χ0v) is 15.3. The zero-order valence-electron chi connectivity index (χ0n) is 15.3. The number of hydrogen-bond donors (Lipinski definition) is 1. The minimum Gasteiger partial charge on any atom is -0.493 e. The third-order valence-corrected chi connectivity index (χ3v) is 4.94. The molecule has 0 bridgehead atoms. The predicted octanol–water partition coefficient (Wildman–Crippen LogP) is 3.77. The van der Waals surface area contributed by atoms with E-state index in [2.05, 4.69) is 16.1 Å². The van der Waals surface area contributed by atoms with Crippen molar-refractivity contribution in [3.05, 3.63) is 41.7 Å². The first-order valence-corrected chi connectivity index (χ1v) is 9.26. The molecule has 2 aromatic rings. The molecule has 1 aliphatic rings. The molecule has 0 saturated heterocycles. The highest BCUT2D eigenvalue weighted by atomic mass is 16.5. The van der Waals surface area contributed by atoms with Crippen LogP contribution in [-0.2, 0) is 19.7 Å². The lowest BCUT2D eigenvalue weighted by Crippen LogP contribution is -2.11. The van der Waals surface area contributed by atoms with Crippen LogP contribution in [0.25, 0.3) is 0 Å². The molecule has 1 N–H and O–H groups in total. The van der Waals surface area contributed by atoms with Crippen molar-refractivity contribution in [1.29, 1.82) is 0 Å². The Balaban J connectivity index is 1.67. The Morgan fingerprint density at radius 3 is 2.68 bits per heavy atom. The van der Waals surface area contributed by atoms with Crippen LogP contribution < -0.4 is 14.8 Å². The van der Waals surface area contributed by atoms with Crippen LogP contribution in [0.3, 0.4) is 0 Å². The number of nitrogens with one attached hydrogen (secondary N) is 1. The molecule has 5 nitrogen and oxygen atoms in total. The number of ether oxygens (including phenoxy) is 2. The minimum absolute atomic E-state index is 0.502. The summed E-state index contributed by atoms with van der Waals surface area (Å²) in [5, 5.41) is 7.94. The maximum atomic E-state index is 6.01. The van der Waals surface area contributed by atoms with Crippen LogP contribution in [-0.4, -0.2) is 23.9 Å². The monoisotopic (exact) mass is 343 g/mol. The van der Waals surface area contributed by atoms with Gasteiger partial charge in [-0.25, -0.2) is 0 Å². The summed E-state index contributed by atoms with van der Waals surface area (Å²) in [6.45, 7) is 2.25. The standard InChI is InChI=1S/C20H29N3O2/c1-21-14-17-13-18(15-25-20-10-6-5-9-19(20)24-2)23(22-17)12-11-16-7-3-4-8-16/h5-6,9-10,13,16,21H,3-4,7-8,11-12,14-15H2,1-2H3. The lowest BCUT2D eigenvalue weighted by atomic mass is 10.0. The van der Waals surface area contributed by atoms with Gasteiger partial charge in [0.25, 0.3) is 0 Å². The number of nitrogens with zero attached hydrogens (tertiary/aromatic N) is 2. The van der Waals surface area contributed by atoms with Crippen LogP contribution >= 0.6 is 0 Å². The molecule has 136 valence electrons. The van der Waals surface area contributed by atoms with E-state index in [1.807, 2.05) is 31.3 Å². The maximum Gasteiger partial charge on any atom is 0.161 e. The second kappa shape index (κ2) is 8.90. The summed E-state index contributed by atoms with van der Waals surface area (Å²) in [5.41, 5.74) is 2.18. The Morgan fingerprint density at radius 2 is 1.96 bits per heavy atom. The molecule has 0 spiro atoms. The first-order chi connectivity index (χ1) is 12.3. The molecule has 3 rings (SSSR count). The highest BCUT2D eigenvalue weighted by Gasteiger charge is 2.16. The van der Waals surface area contributed by atoms with Gasteiger partial charge in [-0.1, -0.05) is 37.8 Å². The van der Waals surface area contributed by atoms with Gasteiger partial charge in [0.1, 0.15) is 6.61 Å². The van der Waals surface area contributed by atoms with E-state index in [0.717, 1.165) is 41.9 Å². The van der Waals surface area contributed by atoms with Crippen molar-refractivity contribution in [2.45, 2.75) is 51.8 Å². The molecule has 1 fully saturated rings. The third-order valence-electron chi connectivity index (χ3n) is 4.94. The summed E-state index contributed by atoms with van der Waals surface area (Å²) in [7, 11) is 3.61. The SMILES string of the molecule is CNCc1cc(COc2ccccc2OC)n(CCC2CCCC2)n1. The molecule has 1 aromatic carbocycles. The molecule has 0 unspecified atom stereocenters. The molecule has 0 radical (unpaired) electrons. The number of rotatable bonds is 9. The van der Waals surface area contributed by atoms with E-state index in [1.165, 1.54) is 32.1 Å². The van der Waals surface area contributed by atoms with E-state index in [9.17, 15) is 0 Å². The smallest absolute Gasteiger partial charge is 0.161 e. The lowest BCUT2D eigenvalue weighted by Gasteiger charge is -2.13. The van der Waals surface area contributed by atoms with Crippen LogP contribution in [0, 0.1) is 5.92 Å². The first kappa shape index (κ1) is 17.8. The number of para-hydroxylation sites is 2. The summed E-state index contributed by atoms with van der Waals surface area (Å²) in [6.07, 6.45) is 6.73. The number of methoxy groups -OCH3 is 1. The van der Waals surface area contributed by atoms with Crippen LogP contribution in [0.2, 0.25) is 0 Å². The Bertz CT molecular complexity index is 663. The molecular formula is C20H29N3O2.